The normalized spacial score (nSPS) is 15.7. The van der Waals surface area contributed by atoms with Crippen LogP contribution in [0.1, 0.15) is 74.1 Å². The van der Waals surface area contributed by atoms with Crippen molar-refractivity contribution in [2.24, 2.45) is 5.92 Å². The monoisotopic (exact) mass is 1240 g/mol. The number of hydrogen-bond donors (Lipinski definition) is 10. The molecule has 2 fully saturated rings. The molecule has 2 aromatic carbocycles. The van der Waals surface area contributed by atoms with Crippen molar-refractivity contribution in [2.45, 2.75) is 64.8 Å². The van der Waals surface area contributed by atoms with E-state index < -0.39 is 47.8 Å². The maximum Gasteiger partial charge on any atom is 0.320 e. The van der Waals surface area contributed by atoms with Crippen LogP contribution in [0.25, 0.3) is 17.1 Å². The number of carboxylic acids is 4. The van der Waals surface area contributed by atoms with E-state index in [0.29, 0.717) is 23.8 Å². The fraction of sp³-hybridized carbons (Fsp3) is 0.621. The molecule has 88 heavy (non-hydrogen) atoms. The molecule has 1 aromatic heterocycles. The summed E-state index contributed by atoms with van der Waals surface area (Å²) in [6.07, 6.45) is 2.43. The zero-order valence-electron chi connectivity index (χ0n) is 50.6. The number of nitrogens with zero attached hydrogens (tertiary/aromatic N) is 8. The molecule has 2 saturated heterocycles. The summed E-state index contributed by atoms with van der Waals surface area (Å²) in [4.78, 5) is 106. The molecule has 3 aromatic rings. The summed E-state index contributed by atoms with van der Waals surface area (Å²) in [5.41, 5.74) is 2.50. The Hall–Kier alpha value is -7.58. The molecule has 2 aliphatic heterocycles. The number of phenolic OH excluding ortho intramolecular Hbond substituents is 2. The lowest BCUT2D eigenvalue weighted by atomic mass is 9.90. The third-order valence-electron chi connectivity index (χ3n) is 14.9. The van der Waals surface area contributed by atoms with Crippen LogP contribution in [0.4, 0.5) is 4.79 Å². The maximum absolute atomic E-state index is 13.7. The molecule has 3 heterocycles. The van der Waals surface area contributed by atoms with Crippen molar-refractivity contribution in [3.63, 3.8) is 0 Å². The van der Waals surface area contributed by atoms with Gasteiger partial charge in [-0.05, 0) is 66.8 Å². The zero-order valence-corrected chi connectivity index (χ0v) is 50.6. The van der Waals surface area contributed by atoms with E-state index in [-0.39, 0.29) is 198 Å². The number of aliphatic carboxylic acids is 4. The average molecular weight is 1240 g/mol. The lowest BCUT2D eigenvalue weighted by molar-refractivity contribution is -0.145. The predicted octanol–water partition coefficient (Wildman–Crippen LogP) is 0.190. The number of aromatic nitrogens is 3. The molecule has 2 aliphatic rings. The molecule has 30 heteroatoms. The summed E-state index contributed by atoms with van der Waals surface area (Å²) in [6, 6.07) is 8.94. The topological polar surface area (TPSA) is 390 Å². The van der Waals surface area contributed by atoms with Gasteiger partial charge in [0.15, 0.2) is 5.82 Å². The second-order valence-corrected chi connectivity index (χ2v) is 21.8. The van der Waals surface area contributed by atoms with Gasteiger partial charge in [0.1, 0.15) is 17.5 Å². The highest BCUT2D eigenvalue weighted by molar-refractivity contribution is 5.92. The molecule has 488 valence electrons. The van der Waals surface area contributed by atoms with E-state index >= 15 is 0 Å². The molecule has 0 saturated carbocycles. The highest BCUT2D eigenvalue weighted by Crippen LogP contribution is 2.38. The fourth-order valence-corrected chi connectivity index (χ4v) is 10.1. The third kappa shape index (κ3) is 25.3. The summed E-state index contributed by atoms with van der Waals surface area (Å²) >= 11 is 0. The summed E-state index contributed by atoms with van der Waals surface area (Å²) in [5, 5.41) is 79.6. The molecule has 5 amide bonds. The lowest BCUT2D eigenvalue weighted by Crippen LogP contribution is -2.52. The van der Waals surface area contributed by atoms with Crippen molar-refractivity contribution < 1.29 is 87.9 Å². The first kappa shape index (κ1) is 71.2. The Bertz CT molecular complexity index is 2690. The standard InChI is InChI=1S/C58H88N12O18/c1-40(2)45-35-46(49(73)36-48(45)72)54-63-64-55(70(54)44-6-4-42(5-7-44)34-43-10-16-68(17-11-43)41(3)71)56(81)60-12-13-61-58(84)62-15-27-86-29-31-88-33-32-87-30-28-85-26-14-59-50(74)9-8-47(57(82)83)69-24-22-66(38-52(77)78)20-18-65(37-51(75)76)19-21-67(23-25-69)39-53(79)80/h4-7,35-36,40,43,47,72-73H,8-34,37-39H2,1-3H3,(H,59,74)(H,60,81)(H,75,76)(H,77,78)(H,79,80)(H,82,83)(H2,61,62,84)/t47-/m1/s1. The summed E-state index contributed by atoms with van der Waals surface area (Å²) in [6.45, 7) is 9.55. The predicted molar refractivity (Wildman–Crippen MR) is 317 cm³/mol. The van der Waals surface area contributed by atoms with Crippen molar-refractivity contribution in [3.05, 3.63) is 53.3 Å². The Morgan fingerprint density at radius 3 is 1.58 bits per heavy atom. The van der Waals surface area contributed by atoms with E-state index in [0.717, 1.165) is 37.9 Å². The SMILES string of the molecule is CC(=O)N1CCC(Cc2ccc(-n3c(C(=O)NCCNC(=O)NCCOCCOCCOCCOCCNC(=O)CC[C@H](C(=O)O)N4CCN(CC(=O)O)CCN(CC(=O)O)CCN(CC(=O)O)CC4)nnc3-c3cc(C(C)C)c(O)cc3O)cc2)CC1. The van der Waals surface area contributed by atoms with E-state index in [1.165, 1.54) is 6.07 Å². The first-order valence-electron chi connectivity index (χ1n) is 29.7. The minimum absolute atomic E-state index is 0.0519. The fourth-order valence-electron chi connectivity index (χ4n) is 10.1. The van der Waals surface area contributed by atoms with Gasteiger partial charge in [0.25, 0.3) is 5.91 Å². The number of urea groups is 1. The van der Waals surface area contributed by atoms with Gasteiger partial charge < -0.3 is 75.8 Å². The Morgan fingerprint density at radius 2 is 1.08 bits per heavy atom. The first-order chi connectivity index (χ1) is 42.2. The Morgan fingerprint density at radius 1 is 0.591 bits per heavy atom. The minimum Gasteiger partial charge on any atom is -0.508 e. The second-order valence-electron chi connectivity index (χ2n) is 21.8. The first-order valence-corrected chi connectivity index (χ1v) is 29.7. The summed E-state index contributed by atoms with van der Waals surface area (Å²) < 4.78 is 23.7. The lowest BCUT2D eigenvalue weighted by Gasteiger charge is -2.35. The van der Waals surface area contributed by atoms with Crippen LogP contribution in [0.15, 0.2) is 36.4 Å². The molecule has 5 rings (SSSR count). The maximum atomic E-state index is 13.7. The molecular formula is C58H88N12O18. The van der Waals surface area contributed by atoms with Crippen LogP contribution >= 0.6 is 0 Å². The largest absolute Gasteiger partial charge is 0.508 e. The molecule has 0 aliphatic carbocycles. The van der Waals surface area contributed by atoms with Gasteiger partial charge >= 0.3 is 29.9 Å². The number of amides is 5. The number of ether oxygens (including phenoxy) is 4. The Balaban J connectivity index is 0.918. The van der Waals surface area contributed by atoms with Crippen molar-refractivity contribution in [1.82, 2.24) is 60.5 Å². The van der Waals surface area contributed by atoms with Crippen molar-refractivity contribution in [3.8, 4) is 28.6 Å². The van der Waals surface area contributed by atoms with Gasteiger partial charge in [0.05, 0.1) is 78.1 Å². The van der Waals surface area contributed by atoms with Crippen LogP contribution in [0.5, 0.6) is 11.5 Å². The van der Waals surface area contributed by atoms with Crippen molar-refractivity contribution >= 4 is 47.6 Å². The molecule has 30 nitrogen and oxygen atoms in total. The van der Waals surface area contributed by atoms with Crippen molar-refractivity contribution in [2.75, 3.05) is 164 Å². The third-order valence-corrected chi connectivity index (χ3v) is 14.9. The van der Waals surface area contributed by atoms with Gasteiger partial charge in [0.2, 0.25) is 17.6 Å². The average Bonchev–Trinajstić information content (AvgIpc) is 1.74. The van der Waals surface area contributed by atoms with Gasteiger partial charge in [0, 0.05) is 117 Å². The van der Waals surface area contributed by atoms with Crippen LogP contribution in [-0.2, 0) is 54.1 Å². The number of rotatable bonds is 35. The quantitative estimate of drug-likeness (QED) is 0.0351. The van der Waals surface area contributed by atoms with E-state index in [2.05, 4.69) is 31.5 Å². The van der Waals surface area contributed by atoms with E-state index in [9.17, 15) is 69.0 Å². The number of hydrogen-bond acceptors (Lipinski definition) is 20. The number of nitrogens with one attached hydrogen (secondary N) is 4. The number of likely N-dealkylation sites (tertiary alicyclic amines) is 1. The molecule has 1 atom stereocenters. The van der Waals surface area contributed by atoms with E-state index in [1.807, 2.05) is 43.0 Å². The number of aromatic hydroxyl groups is 2. The number of carbonyl (C=O) groups is 8. The van der Waals surface area contributed by atoms with Gasteiger partial charge in [-0.1, -0.05) is 26.0 Å². The number of piperidine rings is 1. The minimum atomic E-state index is -1.19. The summed E-state index contributed by atoms with van der Waals surface area (Å²) in [7, 11) is 0. The number of benzene rings is 2. The molecule has 0 radical (unpaired) electrons. The van der Waals surface area contributed by atoms with Crippen LogP contribution in [-0.4, -0.2) is 288 Å². The smallest absolute Gasteiger partial charge is 0.320 e. The molecule has 10 N–H and O–H groups in total. The number of carbonyl (C=O) groups excluding carboxylic acids is 4. The van der Waals surface area contributed by atoms with Crippen LogP contribution < -0.4 is 21.3 Å². The molecule has 0 unspecified atom stereocenters. The number of phenols is 2. The van der Waals surface area contributed by atoms with Crippen LogP contribution in [0.3, 0.4) is 0 Å². The molecule has 0 bridgehead atoms. The van der Waals surface area contributed by atoms with Gasteiger partial charge in [-0.2, -0.15) is 0 Å². The Labute approximate surface area is 511 Å². The highest BCUT2D eigenvalue weighted by Gasteiger charge is 2.30. The molecule has 0 spiro atoms. The van der Waals surface area contributed by atoms with Crippen LogP contribution in [0.2, 0.25) is 0 Å². The van der Waals surface area contributed by atoms with Gasteiger partial charge in [-0.25, -0.2) is 4.79 Å². The highest BCUT2D eigenvalue weighted by atomic mass is 16.6. The van der Waals surface area contributed by atoms with E-state index in [4.69, 9.17) is 18.9 Å². The van der Waals surface area contributed by atoms with Gasteiger partial charge in [-0.3, -0.25) is 57.7 Å². The zero-order chi connectivity index (χ0) is 64.0. The van der Waals surface area contributed by atoms with E-state index in [1.54, 1.807) is 37.2 Å². The van der Waals surface area contributed by atoms with Crippen LogP contribution in [0, 0.1) is 5.92 Å². The Kier molecular flexibility index (Phi) is 30.7. The number of carboxylic acid groups (broad SMARTS) is 4. The van der Waals surface area contributed by atoms with Gasteiger partial charge in [-0.15, -0.1) is 10.2 Å². The second kappa shape index (κ2) is 38.0. The van der Waals surface area contributed by atoms with Crippen molar-refractivity contribution in [1.29, 1.82) is 0 Å². The summed E-state index contributed by atoms with van der Waals surface area (Å²) in [5.74, 6) is -5.24. The molecular weight excluding hydrogens is 1150 g/mol.